The Kier molecular flexibility index (Phi) is 10.8. The number of aromatic amines is 2. The van der Waals surface area contributed by atoms with Crippen LogP contribution in [0.25, 0.3) is 33.6 Å². The van der Waals surface area contributed by atoms with Crippen LogP contribution >= 0.6 is 0 Å². The molecule has 4 heterocycles. The van der Waals surface area contributed by atoms with E-state index in [9.17, 15) is 19.2 Å². The van der Waals surface area contributed by atoms with Crippen molar-refractivity contribution in [1.82, 2.24) is 40.4 Å². The summed E-state index contributed by atoms with van der Waals surface area (Å²) >= 11 is 0. The summed E-state index contributed by atoms with van der Waals surface area (Å²) in [5.74, 6) is 2.01. The number of nitrogens with one attached hydrogen (secondary N) is 4. The monoisotopic (exact) mass is 910 g/mol. The molecule has 0 radical (unpaired) electrons. The fraction of sp³-hybridized carbons (Fsp3) is 0.370. The predicted molar refractivity (Wildman–Crippen MR) is 252 cm³/mol. The van der Waals surface area contributed by atoms with Gasteiger partial charge in [0.05, 0.1) is 35.9 Å². The van der Waals surface area contributed by atoms with Gasteiger partial charge >= 0.3 is 12.2 Å². The SMILES string of the molecule is O=C(N[C@H](C(=O)N1[C@@H](c2ncc(-c3ccc(-c4ccc(-c5cnc([C@@H]6C[C@@H]7C[C@@H]7N6C(=O)[C@@H](NC(=O)OC6CC6)c6ccccc6)[nH]5)cc4)cc3)[nH]2)C[C@H]2C[C@H]21)c1ccccc1)OC1CCCC1. The highest BCUT2D eigenvalue weighted by molar-refractivity contribution is 5.89. The number of likely N-dealkylation sites (tertiary alicyclic amines) is 2. The molecule has 4 amide bonds. The minimum atomic E-state index is -0.862. The van der Waals surface area contributed by atoms with Gasteiger partial charge in [0.15, 0.2) is 0 Å². The molecule has 0 spiro atoms. The average Bonchev–Trinajstić information content (AvgIpc) is 4.21. The van der Waals surface area contributed by atoms with E-state index < -0.39 is 24.3 Å². The fourth-order valence-electron chi connectivity index (χ4n) is 11.0. The third-order valence-corrected chi connectivity index (χ3v) is 14.9. The topological polar surface area (TPSA) is 175 Å². The molecule has 4 saturated carbocycles. The van der Waals surface area contributed by atoms with Gasteiger partial charge in [-0.05, 0) is 109 Å². The molecule has 6 fully saturated rings. The number of ether oxygens (including phenoxy) is 2. The lowest BCUT2D eigenvalue weighted by molar-refractivity contribution is -0.136. The molecule has 4 aromatic carbocycles. The number of imidazole rings is 2. The number of hydrogen-bond donors (Lipinski definition) is 4. The molecule has 8 atom stereocenters. The number of fused-ring (bicyclic) bond motifs is 2. The van der Waals surface area contributed by atoms with Gasteiger partial charge in [0.2, 0.25) is 0 Å². The summed E-state index contributed by atoms with van der Waals surface area (Å²) < 4.78 is 11.2. The average molecular weight is 911 g/mol. The number of amides is 4. The van der Waals surface area contributed by atoms with E-state index in [2.05, 4.69) is 69.1 Å². The number of hydrogen-bond acceptors (Lipinski definition) is 8. The number of alkyl carbamates (subject to hydrolysis) is 2. The van der Waals surface area contributed by atoms with Crippen LogP contribution in [0.5, 0.6) is 0 Å². The lowest BCUT2D eigenvalue weighted by Gasteiger charge is -2.31. The van der Waals surface area contributed by atoms with Crippen molar-refractivity contribution in [3.63, 3.8) is 0 Å². The van der Waals surface area contributed by atoms with Crippen molar-refractivity contribution in [1.29, 1.82) is 0 Å². The summed E-state index contributed by atoms with van der Waals surface area (Å²) in [5, 5.41) is 5.81. The molecular formula is C54H54N8O6. The number of aromatic nitrogens is 4. The Bertz CT molecular complexity index is 2820. The maximum absolute atomic E-state index is 14.5. The first-order valence-electron chi connectivity index (χ1n) is 24.3. The molecule has 14 nitrogen and oxygen atoms in total. The van der Waals surface area contributed by atoms with E-state index in [1.807, 2.05) is 82.9 Å². The Balaban J connectivity index is 0.713. The zero-order chi connectivity index (χ0) is 45.9. The third kappa shape index (κ3) is 8.41. The Morgan fingerprint density at radius 1 is 0.515 bits per heavy atom. The largest absolute Gasteiger partial charge is 0.446 e. The molecule has 6 aromatic rings. The van der Waals surface area contributed by atoms with Gasteiger partial charge in [-0.3, -0.25) is 9.59 Å². The van der Waals surface area contributed by atoms with Gasteiger partial charge in [-0.1, -0.05) is 109 Å². The van der Waals surface area contributed by atoms with Crippen LogP contribution in [-0.2, 0) is 19.1 Å². The van der Waals surface area contributed by atoms with Gasteiger partial charge in [0, 0.05) is 12.1 Å². The summed E-state index contributed by atoms with van der Waals surface area (Å²) in [6.45, 7) is 0. The molecular weight excluding hydrogens is 857 g/mol. The van der Waals surface area contributed by atoms with Crippen LogP contribution in [0, 0.1) is 11.8 Å². The molecule has 2 saturated heterocycles. The molecule has 14 heteroatoms. The molecule has 4 aliphatic carbocycles. The molecule has 346 valence electrons. The molecule has 2 aliphatic heterocycles. The first-order chi connectivity index (χ1) is 33.3. The summed E-state index contributed by atoms with van der Waals surface area (Å²) in [6.07, 6.45) is 11.4. The van der Waals surface area contributed by atoms with E-state index in [0.717, 1.165) is 121 Å². The minimum absolute atomic E-state index is 0.0703. The van der Waals surface area contributed by atoms with Gasteiger partial charge in [0.1, 0.15) is 35.9 Å². The van der Waals surface area contributed by atoms with Crippen LogP contribution in [0.2, 0.25) is 0 Å². The maximum Gasteiger partial charge on any atom is 0.408 e. The van der Waals surface area contributed by atoms with Crippen LogP contribution in [-0.4, -0.2) is 78.0 Å². The van der Waals surface area contributed by atoms with Crippen LogP contribution in [0.15, 0.2) is 122 Å². The molecule has 68 heavy (non-hydrogen) atoms. The lowest BCUT2D eigenvalue weighted by Crippen LogP contribution is -2.44. The zero-order valence-electron chi connectivity index (χ0n) is 37.6. The van der Waals surface area contributed by atoms with Crippen molar-refractivity contribution >= 4 is 24.0 Å². The molecule has 12 rings (SSSR count). The van der Waals surface area contributed by atoms with Crippen molar-refractivity contribution < 1.29 is 28.7 Å². The number of nitrogens with zero attached hydrogens (tertiary/aromatic N) is 4. The minimum Gasteiger partial charge on any atom is -0.446 e. The Hall–Kier alpha value is -7.22. The van der Waals surface area contributed by atoms with Crippen LogP contribution < -0.4 is 10.6 Å². The quantitative estimate of drug-likeness (QED) is 0.0887. The fourth-order valence-corrected chi connectivity index (χ4v) is 11.0. The zero-order valence-corrected chi connectivity index (χ0v) is 37.6. The Morgan fingerprint density at radius 2 is 0.912 bits per heavy atom. The maximum atomic E-state index is 14.5. The van der Waals surface area contributed by atoms with Crippen LogP contribution in [0.3, 0.4) is 0 Å². The third-order valence-electron chi connectivity index (χ3n) is 14.9. The molecule has 2 aromatic heterocycles. The van der Waals surface area contributed by atoms with Crippen molar-refractivity contribution in [2.24, 2.45) is 11.8 Å². The summed E-state index contributed by atoms with van der Waals surface area (Å²) in [6, 6.07) is 33.6. The molecule has 6 aliphatic rings. The number of rotatable bonds is 13. The Morgan fingerprint density at radius 3 is 1.32 bits per heavy atom. The van der Waals surface area contributed by atoms with E-state index >= 15 is 0 Å². The second kappa shape index (κ2) is 17.5. The first kappa shape index (κ1) is 42.2. The van der Waals surface area contributed by atoms with Gasteiger partial charge in [-0.15, -0.1) is 0 Å². The van der Waals surface area contributed by atoms with Crippen molar-refractivity contribution in [3.05, 3.63) is 144 Å². The summed E-state index contributed by atoms with van der Waals surface area (Å²) in [4.78, 5) is 75.4. The standard InChI is InChI=1S/C54H54N8O6/c63-51(47(35-9-3-1-4-10-35)59-53(65)67-39-13-7-8-14-39)61-43-25-37(43)27-45(61)49-55-29-41(57-49)33-19-15-31(16-20-33)32-17-21-34(22-18-32)42-30-56-50(58-42)46-28-38-26-44(38)62(46)52(64)48(36-11-5-2-6-12-36)60-54(66)68-40-23-24-40/h1-6,9-12,15-22,29-30,37-40,43-48H,7-8,13-14,23-28H2,(H,55,57)(H,56,58)(H,59,65)(H,60,66)/t37-,38+,43-,44+,45-,46+,47+,48+/m1/s1. The van der Waals surface area contributed by atoms with E-state index in [-0.39, 0.29) is 48.2 Å². The number of piperidine rings is 2. The number of benzene rings is 4. The summed E-state index contributed by atoms with van der Waals surface area (Å²) in [5.41, 5.74) is 7.26. The van der Waals surface area contributed by atoms with Crippen molar-refractivity contribution in [3.8, 4) is 33.6 Å². The summed E-state index contributed by atoms with van der Waals surface area (Å²) in [7, 11) is 0. The second-order valence-electron chi connectivity index (χ2n) is 19.5. The normalized spacial score (nSPS) is 24.4. The van der Waals surface area contributed by atoms with Gasteiger partial charge in [-0.2, -0.15) is 0 Å². The van der Waals surface area contributed by atoms with Gasteiger partial charge < -0.3 is 39.9 Å². The molecule has 4 N–H and O–H groups in total. The van der Waals surface area contributed by atoms with Gasteiger partial charge in [-0.25, -0.2) is 19.6 Å². The molecule has 0 unspecified atom stereocenters. The second-order valence-corrected chi connectivity index (χ2v) is 19.5. The number of carbonyl (C=O) groups is 4. The first-order valence-corrected chi connectivity index (χ1v) is 24.3. The number of carbonyl (C=O) groups excluding carboxylic acids is 4. The van der Waals surface area contributed by atoms with E-state index in [0.29, 0.717) is 11.8 Å². The van der Waals surface area contributed by atoms with E-state index in [1.165, 1.54) is 0 Å². The van der Waals surface area contributed by atoms with E-state index in [1.54, 1.807) is 0 Å². The van der Waals surface area contributed by atoms with E-state index in [4.69, 9.17) is 19.4 Å². The van der Waals surface area contributed by atoms with Crippen LogP contribution in [0.4, 0.5) is 9.59 Å². The Labute approximate surface area is 394 Å². The van der Waals surface area contributed by atoms with Crippen molar-refractivity contribution in [2.45, 2.75) is 113 Å². The lowest BCUT2D eigenvalue weighted by atomic mass is 10.0. The highest BCUT2D eigenvalue weighted by atomic mass is 16.6. The molecule has 0 bridgehead atoms. The van der Waals surface area contributed by atoms with Crippen molar-refractivity contribution in [2.75, 3.05) is 0 Å². The smallest absolute Gasteiger partial charge is 0.408 e. The van der Waals surface area contributed by atoms with Crippen LogP contribution in [0.1, 0.15) is 111 Å². The highest BCUT2D eigenvalue weighted by Gasteiger charge is 2.57. The van der Waals surface area contributed by atoms with Gasteiger partial charge in [0.25, 0.3) is 11.8 Å². The predicted octanol–water partition coefficient (Wildman–Crippen LogP) is 9.50. The number of H-pyrrole nitrogens is 2. The highest BCUT2D eigenvalue weighted by Crippen LogP contribution is 2.55.